The van der Waals surface area contributed by atoms with Crippen molar-refractivity contribution in [2.24, 2.45) is 11.8 Å². The standard InChI is InChI=1S/C23H30N2O4/c26-22-19-7-3-4-8-21(19)29-13-5-1-2-6-18-16-25(12-9-20(18)24-22)23(27)17-10-14-28-15-11-17/h1-4,7-8,17-18,20H,5-6,9-16H2,(H,24,26)/b2-1+/t18-,20+/m0/s1. The van der Waals surface area contributed by atoms with Crippen LogP contribution in [0, 0.1) is 11.8 Å². The Morgan fingerprint density at radius 3 is 2.76 bits per heavy atom. The summed E-state index contributed by atoms with van der Waals surface area (Å²) in [4.78, 5) is 27.9. The van der Waals surface area contributed by atoms with Crippen molar-refractivity contribution in [2.75, 3.05) is 32.9 Å². The highest BCUT2D eigenvalue weighted by molar-refractivity contribution is 5.97. The molecule has 6 heteroatoms. The summed E-state index contributed by atoms with van der Waals surface area (Å²) in [7, 11) is 0. The van der Waals surface area contributed by atoms with Gasteiger partial charge in [-0.15, -0.1) is 0 Å². The maximum Gasteiger partial charge on any atom is 0.255 e. The molecule has 0 spiro atoms. The summed E-state index contributed by atoms with van der Waals surface area (Å²) in [5, 5.41) is 3.22. The lowest BCUT2D eigenvalue weighted by atomic mass is 9.87. The largest absolute Gasteiger partial charge is 0.492 e. The molecule has 4 rings (SSSR count). The molecular formula is C23H30N2O4. The molecule has 1 aromatic carbocycles. The van der Waals surface area contributed by atoms with Crippen LogP contribution in [-0.2, 0) is 9.53 Å². The fourth-order valence-electron chi connectivity index (χ4n) is 4.52. The van der Waals surface area contributed by atoms with Gasteiger partial charge in [0.15, 0.2) is 0 Å². The molecule has 2 fully saturated rings. The number of rotatable bonds is 1. The zero-order chi connectivity index (χ0) is 20.1. The van der Waals surface area contributed by atoms with Crippen molar-refractivity contribution in [2.45, 2.75) is 38.1 Å². The van der Waals surface area contributed by atoms with Crippen molar-refractivity contribution >= 4 is 11.8 Å². The number of nitrogens with one attached hydrogen (secondary N) is 1. The normalized spacial score (nSPS) is 27.3. The molecule has 0 saturated carbocycles. The fourth-order valence-corrected chi connectivity index (χ4v) is 4.52. The maximum atomic E-state index is 13.0. The molecular weight excluding hydrogens is 368 g/mol. The highest BCUT2D eigenvalue weighted by atomic mass is 16.5. The van der Waals surface area contributed by atoms with E-state index in [2.05, 4.69) is 17.5 Å². The number of hydrogen-bond donors (Lipinski definition) is 1. The third kappa shape index (κ3) is 4.81. The van der Waals surface area contributed by atoms with Gasteiger partial charge in [-0.1, -0.05) is 24.3 Å². The first-order valence-corrected chi connectivity index (χ1v) is 10.8. The predicted octanol–water partition coefficient (Wildman–Crippen LogP) is 2.79. The number of carbonyl (C=O) groups is 2. The van der Waals surface area contributed by atoms with Gasteiger partial charge in [0.25, 0.3) is 5.91 Å². The monoisotopic (exact) mass is 398 g/mol. The van der Waals surface area contributed by atoms with E-state index in [1.54, 1.807) is 0 Å². The number of likely N-dealkylation sites (tertiary alicyclic amines) is 1. The summed E-state index contributed by atoms with van der Waals surface area (Å²) in [6, 6.07) is 7.46. The molecule has 2 saturated heterocycles. The average Bonchev–Trinajstić information content (AvgIpc) is 2.76. The zero-order valence-corrected chi connectivity index (χ0v) is 16.8. The third-order valence-corrected chi connectivity index (χ3v) is 6.21. The van der Waals surface area contributed by atoms with Crippen molar-refractivity contribution in [3.63, 3.8) is 0 Å². The van der Waals surface area contributed by atoms with Gasteiger partial charge in [-0.3, -0.25) is 9.59 Å². The van der Waals surface area contributed by atoms with E-state index in [1.165, 1.54) is 0 Å². The highest BCUT2D eigenvalue weighted by Gasteiger charge is 2.35. The topological polar surface area (TPSA) is 67.9 Å². The van der Waals surface area contributed by atoms with Crippen LogP contribution in [0.1, 0.15) is 42.5 Å². The first-order chi connectivity index (χ1) is 14.2. The van der Waals surface area contributed by atoms with Crippen LogP contribution in [-0.4, -0.2) is 55.7 Å². The lowest BCUT2D eigenvalue weighted by Gasteiger charge is -2.40. The summed E-state index contributed by atoms with van der Waals surface area (Å²) in [6.07, 6.45) is 8.38. The van der Waals surface area contributed by atoms with E-state index in [9.17, 15) is 9.59 Å². The van der Waals surface area contributed by atoms with Crippen molar-refractivity contribution in [1.82, 2.24) is 10.2 Å². The van der Waals surface area contributed by atoms with Crippen LogP contribution < -0.4 is 10.1 Å². The Balaban J connectivity index is 1.48. The number of hydrogen-bond acceptors (Lipinski definition) is 4. The van der Waals surface area contributed by atoms with E-state index >= 15 is 0 Å². The molecule has 29 heavy (non-hydrogen) atoms. The van der Waals surface area contributed by atoms with Crippen molar-refractivity contribution in [1.29, 1.82) is 0 Å². The molecule has 3 heterocycles. The van der Waals surface area contributed by atoms with Gasteiger partial charge >= 0.3 is 0 Å². The molecule has 2 atom stereocenters. The Hall–Kier alpha value is -2.34. The molecule has 0 bridgehead atoms. The summed E-state index contributed by atoms with van der Waals surface area (Å²) >= 11 is 0. The molecule has 0 aromatic heterocycles. The Morgan fingerprint density at radius 1 is 1.07 bits per heavy atom. The number of para-hydroxylation sites is 1. The summed E-state index contributed by atoms with van der Waals surface area (Å²) < 4.78 is 11.2. The van der Waals surface area contributed by atoms with Crippen LogP contribution >= 0.6 is 0 Å². The van der Waals surface area contributed by atoms with Crippen LogP contribution in [0.3, 0.4) is 0 Å². The Labute approximate surface area is 172 Å². The number of benzene rings is 1. The minimum Gasteiger partial charge on any atom is -0.492 e. The smallest absolute Gasteiger partial charge is 0.255 e. The summed E-state index contributed by atoms with van der Waals surface area (Å²) in [5.74, 6) is 1.10. The Morgan fingerprint density at radius 2 is 1.90 bits per heavy atom. The first-order valence-electron chi connectivity index (χ1n) is 10.8. The van der Waals surface area contributed by atoms with Crippen LogP contribution in [0.2, 0.25) is 0 Å². The van der Waals surface area contributed by atoms with E-state index in [1.807, 2.05) is 29.2 Å². The van der Waals surface area contributed by atoms with Crippen LogP contribution in [0.25, 0.3) is 0 Å². The van der Waals surface area contributed by atoms with E-state index in [4.69, 9.17) is 9.47 Å². The summed E-state index contributed by atoms with van der Waals surface area (Å²) in [5.41, 5.74) is 0.580. The second-order valence-electron chi connectivity index (χ2n) is 8.14. The molecule has 1 N–H and O–H groups in total. The molecule has 3 aliphatic heterocycles. The number of amides is 2. The van der Waals surface area contributed by atoms with Crippen molar-refractivity contribution in [3.05, 3.63) is 42.0 Å². The average molecular weight is 399 g/mol. The van der Waals surface area contributed by atoms with E-state index < -0.39 is 0 Å². The highest BCUT2D eigenvalue weighted by Crippen LogP contribution is 2.27. The second-order valence-corrected chi connectivity index (χ2v) is 8.14. The van der Waals surface area contributed by atoms with E-state index in [0.29, 0.717) is 44.2 Å². The molecule has 2 amide bonds. The first kappa shape index (κ1) is 20.0. The molecule has 3 aliphatic rings. The maximum absolute atomic E-state index is 13.0. The molecule has 0 unspecified atom stereocenters. The number of carbonyl (C=O) groups excluding carboxylic acids is 2. The number of piperidine rings is 1. The molecule has 0 radical (unpaired) electrons. The van der Waals surface area contributed by atoms with E-state index in [-0.39, 0.29) is 29.7 Å². The van der Waals surface area contributed by atoms with Gasteiger partial charge in [0.1, 0.15) is 5.75 Å². The molecule has 156 valence electrons. The fraction of sp³-hybridized carbons (Fsp3) is 0.565. The van der Waals surface area contributed by atoms with Crippen LogP contribution in [0.4, 0.5) is 0 Å². The number of fused-ring (bicyclic) bond motifs is 2. The quantitative estimate of drug-likeness (QED) is 0.739. The molecule has 6 nitrogen and oxygen atoms in total. The molecule has 1 aromatic rings. The SMILES string of the molecule is O=C1N[C@@H]2CCN(C(=O)C3CCOCC3)C[C@@H]2C/C=C/CCOc2ccccc21. The van der Waals surface area contributed by atoms with Gasteiger partial charge < -0.3 is 19.7 Å². The van der Waals surface area contributed by atoms with Gasteiger partial charge in [-0.05, 0) is 44.2 Å². The van der Waals surface area contributed by atoms with Gasteiger partial charge in [-0.2, -0.15) is 0 Å². The van der Waals surface area contributed by atoms with Gasteiger partial charge in [0.2, 0.25) is 5.91 Å². The van der Waals surface area contributed by atoms with E-state index in [0.717, 1.165) is 32.1 Å². The number of ether oxygens (including phenoxy) is 2. The second kappa shape index (κ2) is 9.44. The summed E-state index contributed by atoms with van der Waals surface area (Å²) in [6.45, 7) is 3.29. The predicted molar refractivity (Wildman–Crippen MR) is 110 cm³/mol. The van der Waals surface area contributed by atoms with Gasteiger partial charge in [-0.25, -0.2) is 0 Å². The third-order valence-electron chi connectivity index (χ3n) is 6.21. The Kier molecular flexibility index (Phi) is 6.49. The Bertz CT molecular complexity index is 757. The lowest BCUT2D eigenvalue weighted by Crippen LogP contribution is -2.53. The lowest BCUT2D eigenvalue weighted by molar-refractivity contribution is -0.140. The number of allylic oxidation sites excluding steroid dienone is 1. The minimum absolute atomic E-state index is 0.0540. The molecule has 0 aliphatic carbocycles. The van der Waals surface area contributed by atoms with Gasteiger partial charge in [0, 0.05) is 44.2 Å². The van der Waals surface area contributed by atoms with Crippen molar-refractivity contribution < 1.29 is 19.1 Å². The van der Waals surface area contributed by atoms with Crippen molar-refractivity contribution in [3.8, 4) is 5.75 Å². The number of nitrogens with zero attached hydrogens (tertiary/aromatic N) is 1. The zero-order valence-electron chi connectivity index (χ0n) is 16.8. The van der Waals surface area contributed by atoms with Crippen LogP contribution in [0.5, 0.6) is 5.75 Å². The van der Waals surface area contributed by atoms with Crippen LogP contribution in [0.15, 0.2) is 36.4 Å². The minimum atomic E-state index is -0.0932. The van der Waals surface area contributed by atoms with Gasteiger partial charge in [0.05, 0.1) is 12.2 Å².